The summed E-state index contributed by atoms with van der Waals surface area (Å²) in [5.74, 6) is 1.26. The first-order chi connectivity index (χ1) is 10.7. The second kappa shape index (κ2) is 8.57. The molecule has 1 fully saturated rings. The summed E-state index contributed by atoms with van der Waals surface area (Å²) in [5.41, 5.74) is 0.505. The summed E-state index contributed by atoms with van der Waals surface area (Å²) in [6.07, 6.45) is 8.42. The van der Waals surface area contributed by atoms with E-state index in [0.29, 0.717) is 36.0 Å². The maximum atomic E-state index is 12.0. The average Bonchev–Trinajstić information content (AvgIpc) is 2.56. The molecule has 1 aromatic carbocycles. The zero-order chi connectivity index (χ0) is 15.8. The van der Waals surface area contributed by atoms with E-state index in [2.05, 4.69) is 0 Å². The van der Waals surface area contributed by atoms with Crippen molar-refractivity contribution < 1.29 is 19.1 Å². The first-order valence-corrected chi connectivity index (χ1v) is 8.15. The monoisotopic (exact) mass is 304 g/mol. The van der Waals surface area contributed by atoms with Crippen molar-refractivity contribution in [3.63, 3.8) is 0 Å². The summed E-state index contributed by atoms with van der Waals surface area (Å²) >= 11 is 0. The van der Waals surface area contributed by atoms with Crippen LogP contribution < -0.4 is 9.47 Å². The Morgan fingerprint density at radius 3 is 2.68 bits per heavy atom. The molecule has 1 aliphatic carbocycles. The smallest absolute Gasteiger partial charge is 0.311 e. The fraction of sp³-hybridized carbons (Fsp3) is 0.556. The van der Waals surface area contributed by atoms with Gasteiger partial charge in [0.05, 0.1) is 6.61 Å². The highest BCUT2D eigenvalue weighted by molar-refractivity contribution is 5.78. The lowest BCUT2D eigenvalue weighted by Gasteiger charge is -2.20. The number of ether oxygens (including phenoxy) is 2. The van der Waals surface area contributed by atoms with E-state index in [1.807, 2.05) is 6.92 Å². The molecule has 1 aromatic rings. The lowest BCUT2D eigenvalue weighted by atomic mass is 9.86. The Kier molecular flexibility index (Phi) is 6.44. The van der Waals surface area contributed by atoms with Crippen LogP contribution in [0.15, 0.2) is 18.2 Å². The molecule has 0 N–H and O–H groups in total. The minimum absolute atomic E-state index is 0.231. The molecule has 0 radical (unpaired) electrons. The third-order valence-electron chi connectivity index (χ3n) is 4.11. The van der Waals surface area contributed by atoms with Crippen LogP contribution in [0.1, 0.15) is 62.2 Å². The van der Waals surface area contributed by atoms with E-state index in [4.69, 9.17) is 9.47 Å². The molecule has 0 bridgehead atoms. The highest BCUT2D eigenvalue weighted by Gasteiger charge is 2.17. The van der Waals surface area contributed by atoms with Gasteiger partial charge < -0.3 is 9.47 Å². The third-order valence-corrected chi connectivity index (χ3v) is 4.11. The van der Waals surface area contributed by atoms with Gasteiger partial charge in [-0.15, -0.1) is 0 Å². The molecule has 4 nitrogen and oxygen atoms in total. The Morgan fingerprint density at radius 2 is 2.00 bits per heavy atom. The molecule has 0 aromatic heterocycles. The zero-order valence-corrected chi connectivity index (χ0v) is 13.2. The van der Waals surface area contributed by atoms with Gasteiger partial charge in [-0.2, -0.15) is 0 Å². The van der Waals surface area contributed by atoms with E-state index in [1.54, 1.807) is 18.2 Å². The Balaban J connectivity index is 1.90. The van der Waals surface area contributed by atoms with Gasteiger partial charge in [-0.25, -0.2) is 0 Å². The van der Waals surface area contributed by atoms with Crippen molar-refractivity contribution in [1.29, 1.82) is 0 Å². The van der Waals surface area contributed by atoms with Gasteiger partial charge in [0, 0.05) is 12.0 Å². The van der Waals surface area contributed by atoms with Gasteiger partial charge in [0.25, 0.3) is 0 Å². The van der Waals surface area contributed by atoms with Crippen LogP contribution in [0.5, 0.6) is 11.5 Å². The normalized spacial score (nSPS) is 15.3. The van der Waals surface area contributed by atoms with Gasteiger partial charge in [0.15, 0.2) is 11.5 Å². The predicted molar refractivity (Wildman–Crippen MR) is 84.4 cm³/mol. The molecular formula is C18H24O4. The third kappa shape index (κ3) is 4.86. The van der Waals surface area contributed by atoms with E-state index < -0.39 is 0 Å². The molecule has 1 saturated carbocycles. The molecule has 0 heterocycles. The van der Waals surface area contributed by atoms with E-state index in [0.717, 1.165) is 12.7 Å². The Hall–Kier alpha value is -1.84. The van der Waals surface area contributed by atoms with E-state index in [1.165, 1.54) is 32.1 Å². The van der Waals surface area contributed by atoms with Gasteiger partial charge in [0.2, 0.25) is 0 Å². The van der Waals surface area contributed by atoms with E-state index in [9.17, 15) is 9.59 Å². The molecule has 0 spiro atoms. The van der Waals surface area contributed by atoms with E-state index in [-0.39, 0.29) is 5.97 Å². The van der Waals surface area contributed by atoms with Crippen molar-refractivity contribution in [2.24, 2.45) is 5.92 Å². The second-order valence-corrected chi connectivity index (χ2v) is 5.77. The highest BCUT2D eigenvalue weighted by atomic mass is 16.6. The van der Waals surface area contributed by atoms with Gasteiger partial charge in [-0.1, -0.05) is 32.1 Å². The number of hydrogen-bond donors (Lipinski definition) is 0. The molecule has 0 saturated heterocycles. The molecule has 0 unspecified atom stereocenters. The largest absolute Gasteiger partial charge is 0.490 e. The van der Waals surface area contributed by atoms with Crippen LogP contribution in [0.4, 0.5) is 0 Å². The van der Waals surface area contributed by atoms with E-state index >= 15 is 0 Å². The molecule has 0 aliphatic heterocycles. The SMILES string of the molecule is CCOc1cc(C=O)ccc1OC(=O)CCC1CCCCC1. The number of esters is 1. The fourth-order valence-corrected chi connectivity index (χ4v) is 2.92. The highest BCUT2D eigenvalue weighted by Crippen LogP contribution is 2.30. The van der Waals surface area contributed by atoms with Crippen molar-refractivity contribution in [3.05, 3.63) is 23.8 Å². The first-order valence-electron chi connectivity index (χ1n) is 8.15. The maximum absolute atomic E-state index is 12.0. The van der Waals surface area contributed by atoms with Crippen LogP contribution in [0.2, 0.25) is 0 Å². The van der Waals surface area contributed by atoms with Crippen molar-refractivity contribution in [2.75, 3.05) is 6.61 Å². The summed E-state index contributed by atoms with van der Waals surface area (Å²) in [5, 5.41) is 0. The predicted octanol–water partition coefficient (Wildman–Crippen LogP) is 4.16. The Labute approximate surface area is 131 Å². The van der Waals surface area contributed by atoms with Crippen LogP contribution in [-0.2, 0) is 4.79 Å². The van der Waals surface area contributed by atoms with Crippen LogP contribution in [-0.4, -0.2) is 18.9 Å². The summed E-state index contributed by atoms with van der Waals surface area (Å²) in [6, 6.07) is 4.84. The van der Waals surface area contributed by atoms with Crippen LogP contribution in [0.3, 0.4) is 0 Å². The quantitative estimate of drug-likeness (QED) is 0.431. The summed E-state index contributed by atoms with van der Waals surface area (Å²) in [6.45, 7) is 2.30. The molecular weight excluding hydrogens is 280 g/mol. The number of aldehydes is 1. The fourth-order valence-electron chi connectivity index (χ4n) is 2.92. The first kappa shape index (κ1) is 16.5. The van der Waals surface area contributed by atoms with Crippen molar-refractivity contribution in [3.8, 4) is 11.5 Å². The molecule has 4 heteroatoms. The van der Waals surface area contributed by atoms with Gasteiger partial charge in [0.1, 0.15) is 6.29 Å². The lowest BCUT2D eigenvalue weighted by molar-refractivity contribution is -0.134. The number of rotatable bonds is 7. The lowest BCUT2D eigenvalue weighted by Crippen LogP contribution is -2.13. The minimum Gasteiger partial charge on any atom is -0.490 e. The topological polar surface area (TPSA) is 52.6 Å². The van der Waals surface area contributed by atoms with Crippen molar-refractivity contribution in [1.82, 2.24) is 0 Å². The second-order valence-electron chi connectivity index (χ2n) is 5.77. The summed E-state index contributed by atoms with van der Waals surface area (Å²) in [7, 11) is 0. The minimum atomic E-state index is -0.231. The Morgan fingerprint density at radius 1 is 1.23 bits per heavy atom. The van der Waals surface area contributed by atoms with Gasteiger partial charge in [-0.3, -0.25) is 9.59 Å². The zero-order valence-electron chi connectivity index (χ0n) is 13.2. The molecule has 0 amide bonds. The summed E-state index contributed by atoms with van der Waals surface area (Å²) < 4.78 is 10.8. The average molecular weight is 304 g/mol. The maximum Gasteiger partial charge on any atom is 0.311 e. The van der Waals surface area contributed by atoms with Crippen molar-refractivity contribution in [2.45, 2.75) is 51.9 Å². The standard InChI is InChI=1S/C18H24O4/c1-2-21-17-12-15(13-19)8-10-16(17)22-18(20)11-9-14-6-4-3-5-7-14/h8,10,12-14H,2-7,9,11H2,1H3. The number of carbonyl (C=O) groups is 2. The molecule has 0 atom stereocenters. The molecule has 2 rings (SSSR count). The summed E-state index contributed by atoms with van der Waals surface area (Å²) in [4.78, 5) is 22.8. The van der Waals surface area contributed by atoms with Crippen LogP contribution >= 0.6 is 0 Å². The van der Waals surface area contributed by atoms with Gasteiger partial charge >= 0.3 is 5.97 Å². The number of hydrogen-bond acceptors (Lipinski definition) is 4. The van der Waals surface area contributed by atoms with Crippen LogP contribution in [0.25, 0.3) is 0 Å². The van der Waals surface area contributed by atoms with Gasteiger partial charge in [-0.05, 0) is 37.5 Å². The molecule has 22 heavy (non-hydrogen) atoms. The molecule has 1 aliphatic rings. The number of carbonyl (C=O) groups excluding carboxylic acids is 2. The molecule has 120 valence electrons. The van der Waals surface area contributed by atoms with Crippen LogP contribution in [0, 0.1) is 5.92 Å². The van der Waals surface area contributed by atoms with Crippen molar-refractivity contribution >= 4 is 12.3 Å². The Bertz CT molecular complexity index is 504. The number of benzene rings is 1.